The van der Waals surface area contributed by atoms with Gasteiger partial charge >= 0.3 is 5.76 Å². The highest BCUT2D eigenvalue weighted by Crippen LogP contribution is 2.37. The summed E-state index contributed by atoms with van der Waals surface area (Å²) in [7, 11) is 0. The monoisotopic (exact) mass is 551 g/mol. The second-order valence-corrected chi connectivity index (χ2v) is 12.3. The number of amides is 1. The van der Waals surface area contributed by atoms with Crippen molar-refractivity contribution in [3.63, 3.8) is 0 Å². The first-order valence-electron chi connectivity index (χ1n) is 14.9. The van der Waals surface area contributed by atoms with Crippen LogP contribution in [0.2, 0.25) is 0 Å². The lowest BCUT2D eigenvalue weighted by Crippen LogP contribution is -2.54. The molecule has 3 aromatic heterocycles. The predicted octanol–water partition coefficient (Wildman–Crippen LogP) is 3.65. The van der Waals surface area contributed by atoms with Crippen molar-refractivity contribution in [1.82, 2.24) is 34.6 Å². The zero-order valence-corrected chi connectivity index (χ0v) is 24.0. The Bertz CT molecular complexity index is 1420. The van der Waals surface area contributed by atoms with E-state index >= 15 is 0 Å². The minimum absolute atomic E-state index is 0.101. The van der Waals surface area contributed by atoms with E-state index in [0.29, 0.717) is 42.9 Å². The number of nitrogens with one attached hydrogen (secondary N) is 2. The third-order valence-corrected chi connectivity index (χ3v) is 9.36. The van der Waals surface area contributed by atoms with Gasteiger partial charge in [-0.1, -0.05) is 31.3 Å². The summed E-state index contributed by atoms with van der Waals surface area (Å²) in [4.78, 5) is 45.5. The number of carbonyl (C=O) groups is 1. The maximum atomic E-state index is 12.1. The van der Waals surface area contributed by atoms with Crippen LogP contribution in [0.15, 0.2) is 9.32 Å². The third kappa shape index (κ3) is 5.19. The van der Waals surface area contributed by atoms with Gasteiger partial charge < -0.3 is 19.7 Å². The van der Waals surface area contributed by atoms with Gasteiger partial charge in [0, 0.05) is 45.2 Å². The van der Waals surface area contributed by atoms with Gasteiger partial charge in [0.15, 0.2) is 11.5 Å². The van der Waals surface area contributed by atoms with Gasteiger partial charge in [0.25, 0.3) is 0 Å². The summed E-state index contributed by atoms with van der Waals surface area (Å²) in [5.41, 5.74) is 1.45. The Balaban J connectivity index is 1.46. The van der Waals surface area contributed by atoms with Crippen molar-refractivity contribution in [3.8, 4) is 11.6 Å². The smallest absolute Gasteiger partial charge is 0.365 e. The van der Waals surface area contributed by atoms with E-state index in [1.54, 1.807) is 6.92 Å². The molecule has 6 rings (SSSR count). The summed E-state index contributed by atoms with van der Waals surface area (Å²) in [6, 6.07) is 0.334. The Morgan fingerprint density at radius 3 is 2.50 bits per heavy atom. The summed E-state index contributed by atoms with van der Waals surface area (Å²) in [6.45, 7) is 11.2. The van der Waals surface area contributed by atoms with Gasteiger partial charge in [-0.2, -0.15) is 4.98 Å². The Labute approximate surface area is 233 Å². The van der Waals surface area contributed by atoms with Gasteiger partial charge in [0.1, 0.15) is 5.52 Å². The first kappa shape index (κ1) is 26.8. The van der Waals surface area contributed by atoms with E-state index < -0.39 is 5.76 Å². The number of H-pyrrole nitrogens is 1. The minimum atomic E-state index is -0.647. The van der Waals surface area contributed by atoms with Crippen LogP contribution in [0.5, 0.6) is 0 Å². The number of hydrogen-bond acceptors (Lipinski definition) is 9. The molecule has 1 amide bonds. The van der Waals surface area contributed by atoms with E-state index in [0.717, 1.165) is 23.9 Å². The average molecular weight is 552 g/mol. The highest BCUT2D eigenvalue weighted by molar-refractivity contribution is 5.87. The van der Waals surface area contributed by atoms with Crippen LogP contribution in [0.4, 0.5) is 11.8 Å². The van der Waals surface area contributed by atoms with E-state index in [-0.39, 0.29) is 29.6 Å². The number of aromatic amines is 1. The van der Waals surface area contributed by atoms with Crippen LogP contribution in [0.25, 0.3) is 22.8 Å². The first-order valence-corrected chi connectivity index (χ1v) is 14.9. The Morgan fingerprint density at radius 1 is 1.10 bits per heavy atom. The zero-order chi connectivity index (χ0) is 28.0. The van der Waals surface area contributed by atoms with Crippen LogP contribution in [-0.2, 0) is 11.3 Å². The summed E-state index contributed by atoms with van der Waals surface area (Å²) in [6.07, 6.45) is 8.52. The molecule has 2 N–H and O–H groups in total. The van der Waals surface area contributed by atoms with Crippen molar-refractivity contribution in [2.24, 2.45) is 17.8 Å². The van der Waals surface area contributed by atoms with Crippen molar-refractivity contribution >= 4 is 28.8 Å². The van der Waals surface area contributed by atoms with Crippen molar-refractivity contribution < 1.29 is 9.32 Å². The quantitative estimate of drug-likeness (QED) is 0.450. The maximum absolute atomic E-state index is 12.1. The fraction of sp³-hybridized carbons (Fsp3) is 0.714. The number of imidazole rings is 1. The molecule has 2 aliphatic carbocycles. The first-order chi connectivity index (χ1) is 19.3. The summed E-state index contributed by atoms with van der Waals surface area (Å²) >= 11 is 0. The van der Waals surface area contributed by atoms with Crippen molar-refractivity contribution in [2.75, 3.05) is 29.9 Å². The van der Waals surface area contributed by atoms with Crippen LogP contribution in [0.3, 0.4) is 0 Å². The normalized spacial score (nSPS) is 24.8. The number of hydrogen-bond donors (Lipinski definition) is 2. The molecule has 12 nitrogen and oxygen atoms in total. The largest absolute Gasteiger partial charge is 0.439 e. The molecule has 4 heterocycles. The molecule has 2 atom stereocenters. The Morgan fingerprint density at radius 2 is 1.88 bits per heavy atom. The number of rotatable bonds is 7. The third-order valence-electron chi connectivity index (χ3n) is 9.36. The standard InChI is InChI=1S/C28H41N9O3/c1-16-8-10-20(11-9-16)15-37-22-23(29-18(3)21-6-5-7-21)30-25(26-33-28(39)40-34-26)31-24(22)32-27(37)36-13-12-35(19(4)38)14-17(36)2/h16-18,20-21H,5-15H2,1-4H3,(H,29,30,31)(H,33,34,39)/t16?,17-,18-,20?/m1/s1. The fourth-order valence-electron chi connectivity index (χ4n) is 6.53. The zero-order valence-electron chi connectivity index (χ0n) is 24.0. The Hall–Kier alpha value is -3.44. The lowest BCUT2D eigenvalue weighted by molar-refractivity contribution is -0.129. The average Bonchev–Trinajstić information content (AvgIpc) is 3.48. The number of fused-ring (bicyclic) bond motifs is 1. The van der Waals surface area contributed by atoms with Crippen LogP contribution in [0, 0.1) is 17.8 Å². The molecule has 3 aliphatic rings. The summed E-state index contributed by atoms with van der Waals surface area (Å²) < 4.78 is 7.09. The molecular weight excluding hydrogens is 510 g/mol. The molecule has 1 aliphatic heterocycles. The number of nitrogens with zero attached hydrogens (tertiary/aromatic N) is 7. The van der Waals surface area contributed by atoms with E-state index in [1.165, 1.54) is 44.9 Å². The van der Waals surface area contributed by atoms with E-state index in [4.69, 9.17) is 19.5 Å². The molecule has 0 bridgehead atoms. The maximum Gasteiger partial charge on any atom is 0.439 e. The van der Waals surface area contributed by atoms with Crippen LogP contribution >= 0.6 is 0 Å². The molecule has 216 valence electrons. The molecule has 3 aromatic rings. The van der Waals surface area contributed by atoms with E-state index in [1.807, 2.05) is 4.90 Å². The SMILES string of the molecule is CC(=O)N1CCN(c2nc3nc(-c4noc(=O)[nH]4)nc(N[C@H](C)C4CCC4)c3n2CC2CCC(C)CC2)[C@H](C)C1. The minimum Gasteiger partial charge on any atom is -0.365 e. The lowest BCUT2D eigenvalue weighted by Gasteiger charge is -2.40. The highest BCUT2D eigenvalue weighted by atomic mass is 16.5. The van der Waals surface area contributed by atoms with Gasteiger partial charge in [-0.3, -0.25) is 14.3 Å². The van der Waals surface area contributed by atoms with Gasteiger partial charge in [-0.15, -0.1) is 0 Å². The fourth-order valence-corrected chi connectivity index (χ4v) is 6.53. The van der Waals surface area contributed by atoms with Gasteiger partial charge in [0.2, 0.25) is 23.5 Å². The second-order valence-electron chi connectivity index (χ2n) is 12.3. The van der Waals surface area contributed by atoms with Crippen molar-refractivity contribution in [1.29, 1.82) is 0 Å². The van der Waals surface area contributed by atoms with Crippen LogP contribution in [0.1, 0.15) is 72.6 Å². The lowest BCUT2D eigenvalue weighted by atomic mass is 9.80. The molecule has 2 saturated carbocycles. The van der Waals surface area contributed by atoms with Gasteiger partial charge in [0.05, 0.1) is 0 Å². The molecule has 0 unspecified atom stereocenters. The molecule has 40 heavy (non-hydrogen) atoms. The summed E-state index contributed by atoms with van der Waals surface area (Å²) in [5.74, 6) is 3.40. The topological polar surface area (TPSA) is 138 Å². The molecule has 0 aromatic carbocycles. The molecule has 3 fully saturated rings. The van der Waals surface area contributed by atoms with E-state index in [9.17, 15) is 9.59 Å². The van der Waals surface area contributed by atoms with Gasteiger partial charge in [-0.05, 0) is 57.3 Å². The number of carbonyl (C=O) groups excluding carboxylic acids is 1. The van der Waals surface area contributed by atoms with Crippen molar-refractivity contribution in [2.45, 2.75) is 91.3 Å². The van der Waals surface area contributed by atoms with Crippen LogP contribution < -0.4 is 16.0 Å². The second kappa shape index (κ2) is 10.9. The summed E-state index contributed by atoms with van der Waals surface area (Å²) in [5, 5.41) is 7.56. The number of piperazine rings is 1. The molecule has 0 radical (unpaired) electrons. The number of aromatic nitrogens is 6. The predicted molar refractivity (Wildman–Crippen MR) is 152 cm³/mol. The highest BCUT2D eigenvalue weighted by Gasteiger charge is 2.33. The van der Waals surface area contributed by atoms with E-state index in [2.05, 4.69) is 45.7 Å². The molecular formula is C28H41N9O3. The van der Waals surface area contributed by atoms with Gasteiger partial charge in [-0.25, -0.2) is 14.8 Å². The van der Waals surface area contributed by atoms with Crippen molar-refractivity contribution in [3.05, 3.63) is 10.6 Å². The molecule has 12 heteroatoms. The van der Waals surface area contributed by atoms with Crippen LogP contribution in [-0.4, -0.2) is 72.2 Å². The Kier molecular flexibility index (Phi) is 7.26. The number of anilines is 2. The molecule has 0 spiro atoms. The molecule has 1 saturated heterocycles.